The van der Waals surface area contributed by atoms with E-state index >= 15 is 0 Å². The van der Waals surface area contributed by atoms with Crippen molar-refractivity contribution in [1.29, 1.82) is 0 Å². The molecule has 3 N–H and O–H groups in total. The highest BCUT2D eigenvalue weighted by Crippen LogP contribution is 2.24. The van der Waals surface area contributed by atoms with Crippen LogP contribution in [0.5, 0.6) is 5.75 Å². The van der Waals surface area contributed by atoms with E-state index in [4.69, 9.17) is 19.6 Å². The van der Waals surface area contributed by atoms with Crippen LogP contribution in [-0.2, 0) is 4.74 Å². The Hall–Kier alpha value is -2.12. The summed E-state index contributed by atoms with van der Waals surface area (Å²) in [7, 11) is 1.62. The molecule has 0 saturated carbocycles. The van der Waals surface area contributed by atoms with Gasteiger partial charge in [0.2, 0.25) is 0 Å². The average molecular weight is 295 g/mol. The van der Waals surface area contributed by atoms with Crippen molar-refractivity contribution in [2.24, 2.45) is 5.73 Å². The summed E-state index contributed by atoms with van der Waals surface area (Å²) in [6.07, 6.45) is 0.463. The molecule has 2 rings (SSSR count). The number of ether oxygens (including phenoxy) is 2. The molecule has 0 aliphatic heterocycles. The SMILES string of the molecule is COCCNc1nc2ccc(OC/C(=C\F)CN)cc2o1. The number of nitrogens with two attached hydrogens (primary N) is 1. The van der Waals surface area contributed by atoms with E-state index in [9.17, 15) is 4.39 Å². The first-order valence-electron chi connectivity index (χ1n) is 6.51. The molecule has 114 valence electrons. The molecule has 21 heavy (non-hydrogen) atoms. The fourth-order valence-corrected chi connectivity index (χ4v) is 1.64. The Bertz CT molecular complexity index is 613. The zero-order chi connectivity index (χ0) is 15.1. The Balaban J connectivity index is 2.03. The fraction of sp³-hybridized carbons (Fsp3) is 0.357. The number of nitrogens with zero attached hydrogens (tertiary/aromatic N) is 1. The molecular weight excluding hydrogens is 277 g/mol. The number of fused-ring (bicyclic) bond motifs is 1. The van der Waals surface area contributed by atoms with Crippen LogP contribution in [-0.4, -0.2) is 38.4 Å². The van der Waals surface area contributed by atoms with Crippen LogP contribution in [0.2, 0.25) is 0 Å². The van der Waals surface area contributed by atoms with Crippen LogP contribution in [0.4, 0.5) is 10.4 Å². The lowest BCUT2D eigenvalue weighted by atomic mass is 10.3. The molecule has 0 saturated heterocycles. The Kier molecular flexibility index (Phi) is 5.53. The predicted octanol–water partition coefficient (Wildman–Crippen LogP) is 2.08. The normalized spacial score (nSPS) is 11.9. The summed E-state index contributed by atoms with van der Waals surface area (Å²) in [6.45, 7) is 1.39. The Morgan fingerprint density at radius 3 is 3.10 bits per heavy atom. The molecule has 0 aliphatic rings. The molecule has 1 aromatic heterocycles. The van der Waals surface area contributed by atoms with Gasteiger partial charge in [-0.1, -0.05) is 0 Å². The summed E-state index contributed by atoms with van der Waals surface area (Å²) < 4.78 is 28.3. The first kappa shape index (κ1) is 15.3. The lowest BCUT2D eigenvalue weighted by Gasteiger charge is -2.06. The van der Waals surface area contributed by atoms with Gasteiger partial charge in [-0.3, -0.25) is 0 Å². The highest BCUT2D eigenvalue weighted by atomic mass is 19.1. The molecule has 0 atom stereocenters. The minimum atomic E-state index is 0.103. The van der Waals surface area contributed by atoms with Gasteiger partial charge < -0.3 is 24.9 Å². The van der Waals surface area contributed by atoms with E-state index in [0.717, 1.165) is 0 Å². The summed E-state index contributed by atoms with van der Waals surface area (Å²) in [4.78, 5) is 4.27. The van der Waals surface area contributed by atoms with Crippen molar-refractivity contribution in [3.05, 3.63) is 30.1 Å². The van der Waals surface area contributed by atoms with Gasteiger partial charge in [0.05, 0.1) is 12.9 Å². The number of aromatic nitrogens is 1. The molecule has 0 spiro atoms. The molecular formula is C14H18FN3O3. The Labute approximate surface area is 121 Å². The molecule has 7 heteroatoms. The van der Waals surface area contributed by atoms with Gasteiger partial charge >= 0.3 is 0 Å². The van der Waals surface area contributed by atoms with Crippen molar-refractivity contribution in [3.63, 3.8) is 0 Å². The lowest BCUT2D eigenvalue weighted by molar-refractivity contribution is 0.210. The van der Waals surface area contributed by atoms with Gasteiger partial charge in [-0.05, 0) is 12.1 Å². The maximum Gasteiger partial charge on any atom is 0.295 e. The third-order valence-electron chi connectivity index (χ3n) is 2.78. The van der Waals surface area contributed by atoms with Crippen molar-refractivity contribution in [3.8, 4) is 5.75 Å². The van der Waals surface area contributed by atoms with Crippen molar-refractivity contribution in [1.82, 2.24) is 4.98 Å². The van der Waals surface area contributed by atoms with Crippen molar-refractivity contribution < 1.29 is 18.3 Å². The van der Waals surface area contributed by atoms with Crippen LogP contribution in [0.25, 0.3) is 11.1 Å². The predicted molar refractivity (Wildman–Crippen MR) is 78.1 cm³/mol. The van der Waals surface area contributed by atoms with Crippen LogP contribution in [0.1, 0.15) is 0 Å². The van der Waals surface area contributed by atoms with Gasteiger partial charge in [0.1, 0.15) is 17.9 Å². The first-order chi connectivity index (χ1) is 10.3. The average Bonchev–Trinajstić information content (AvgIpc) is 2.90. The first-order valence-corrected chi connectivity index (χ1v) is 6.51. The fourth-order valence-electron chi connectivity index (χ4n) is 1.64. The van der Waals surface area contributed by atoms with Crippen LogP contribution < -0.4 is 15.8 Å². The van der Waals surface area contributed by atoms with E-state index in [1.807, 2.05) is 0 Å². The van der Waals surface area contributed by atoms with Crippen molar-refractivity contribution in [2.45, 2.75) is 0 Å². The van der Waals surface area contributed by atoms with E-state index in [2.05, 4.69) is 10.3 Å². The molecule has 2 aromatic rings. The summed E-state index contributed by atoms with van der Waals surface area (Å²) in [5.74, 6) is 0.565. The van der Waals surface area contributed by atoms with E-state index in [1.54, 1.807) is 25.3 Å². The summed E-state index contributed by atoms with van der Waals surface area (Å²) >= 11 is 0. The Morgan fingerprint density at radius 1 is 1.52 bits per heavy atom. The third-order valence-corrected chi connectivity index (χ3v) is 2.78. The zero-order valence-electron chi connectivity index (χ0n) is 11.8. The third kappa shape index (κ3) is 4.17. The number of halogens is 1. The quantitative estimate of drug-likeness (QED) is 0.726. The number of rotatable bonds is 8. The zero-order valence-corrected chi connectivity index (χ0v) is 11.8. The van der Waals surface area contributed by atoms with Gasteiger partial charge in [-0.25, -0.2) is 4.39 Å². The summed E-state index contributed by atoms with van der Waals surface area (Å²) in [5.41, 5.74) is 7.05. The maximum atomic E-state index is 12.4. The number of anilines is 1. The molecule has 0 amide bonds. The van der Waals surface area contributed by atoms with Crippen molar-refractivity contribution in [2.75, 3.05) is 38.7 Å². The topological polar surface area (TPSA) is 82.5 Å². The highest BCUT2D eigenvalue weighted by Gasteiger charge is 2.07. The smallest absolute Gasteiger partial charge is 0.295 e. The molecule has 0 fully saturated rings. The monoisotopic (exact) mass is 295 g/mol. The molecule has 1 heterocycles. The van der Waals surface area contributed by atoms with Gasteiger partial charge in [0, 0.05) is 31.8 Å². The number of nitrogens with one attached hydrogen (secondary N) is 1. The maximum absolute atomic E-state index is 12.4. The standard InChI is InChI=1S/C14H18FN3O3/c1-19-5-4-17-14-18-12-3-2-11(6-13(12)21-14)20-9-10(7-15)8-16/h2-3,6-7H,4-5,8-9,16H2,1H3,(H,17,18)/b10-7-. The second-order valence-corrected chi connectivity index (χ2v) is 4.33. The van der Waals surface area contributed by atoms with Crippen LogP contribution in [0, 0.1) is 0 Å². The Morgan fingerprint density at radius 2 is 2.38 bits per heavy atom. The summed E-state index contributed by atoms with van der Waals surface area (Å²) in [5, 5.41) is 3.00. The number of hydrogen-bond donors (Lipinski definition) is 2. The van der Waals surface area contributed by atoms with Crippen molar-refractivity contribution >= 4 is 17.1 Å². The number of methoxy groups -OCH3 is 1. The second-order valence-electron chi connectivity index (χ2n) is 4.33. The van der Waals surface area contributed by atoms with Crippen LogP contribution in [0.15, 0.2) is 34.5 Å². The minimum absolute atomic E-state index is 0.103. The van der Waals surface area contributed by atoms with E-state index in [-0.39, 0.29) is 13.2 Å². The minimum Gasteiger partial charge on any atom is -0.489 e. The number of hydrogen-bond acceptors (Lipinski definition) is 6. The molecule has 6 nitrogen and oxygen atoms in total. The second kappa shape index (κ2) is 7.61. The number of benzene rings is 1. The van der Waals surface area contributed by atoms with Gasteiger partial charge in [-0.2, -0.15) is 4.98 Å². The highest BCUT2D eigenvalue weighted by molar-refractivity contribution is 5.76. The van der Waals surface area contributed by atoms with E-state index < -0.39 is 0 Å². The number of oxazole rings is 1. The molecule has 1 aromatic carbocycles. The van der Waals surface area contributed by atoms with Crippen LogP contribution in [0.3, 0.4) is 0 Å². The molecule has 0 aliphatic carbocycles. The van der Waals surface area contributed by atoms with Gasteiger partial charge in [-0.15, -0.1) is 0 Å². The molecule has 0 radical (unpaired) electrons. The molecule has 0 bridgehead atoms. The van der Waals surface area contributed by atoms with E-state index in [0.29, 0.717) is 47.9 Å². The van der Waals surface area contributed by atoms with Crippen LogP contribution >= 0.6 is 0 Å². The molecule has 0 unspecified atom stereocenters. The largest absolute Gasteiger partial charge is 0.489 e. The van der Waals surface area contributed by atoms with Gasteiger partial charge in [0.15, 0.2) is 5.58 Å². The lowest BCUT2D eigenvalue weighted by Crippen LogP contribution is -2.10. The summed E-state index contributed by atoms with van der Waals surface area (Å²) in [6, 6.07) is 5.65. The van der Waals surface area contributed by atoms with Gasteiger partial charge in [0.25, 0.3) is 6.01 Å². The van der Waals surface area contributed by atoms with E-state index in [1.165, 1.54) is 0 Å².